The van der Waals surface area contributed by atoms with Crippen molar-refractivity contribution >= 4 is 5.97 Å². The summed E-state index contributed by atoms with van der Waals surface area (Å²) in [7, 11) is 3.16. The maximum absolute atomic E-state index is 10.6. The molecule has 0 aliphatic rings. The molecule has 0 N–H and O–H groups in total. The molecule has 0 radical (unpaired) electrons. The van der Waals surface area contributed by atoms with Crippen molar-refractivity contribution in [3.63, 3.8) is 0 Å². The molecule has 1 heterocycles. The molecule has 21 heavy (non-hydrogen) atoms. The topological polar surface area (TPSA) is 62.5 Å². The number of carbonyl (C=O) groups is 1. The molecule has 0 spiro atoms. The number of aromatic nitrogens is 1. The number of nitrogens with zero attached hydrogens (tertiary/aromatic N) is 1. The lowest BCUT2D eigenvalue weighted by molar-refractivity contribution is -0.685. The van der Waals surface area contributed by atoms with Crippen LogP contribution in [-0.4, -0.2) is 20.2 Å². The summed E-state index contributed by atoms with van der Waals surface area (Å²) in [6.07, 6.45) is 1.81. The average Bonchev–Trinajstić information content (AvgIpc) is 2.52. The van der Waals surface area contributed by atoms with Crippen molar-refractivity contribution in [2.24, 2.45) is 0 Å². The van der Waals surface area contributed by atoms with Gasteiger partial charge in [0.1, 0.15) is 0 Å². The summed E-state index contributed by atoms with van der Waals surface area (Å²) >= 11 is 0. The van der Waals surface area contributed by atoms with Crippen LogP contribution in [0.25, 0.3) is 11.3 Å². The maximum atomic E-state index is 10.6. The van der Waals surface area contributed by atoms with Crippen LogP contribution in [0.3, 0.4) is 0 Å². The molecule has 110 valence electrons. The molecule has 0 fully saturated rings. The van der Waals surface area contributed by atoms with Crippen LogP contribution in [0.4, 0.5) is 0 Å². The molecule has 0 aliphatic heterocycles. The second-order valence-electron chi connectivity index (χ2n) is 4.47. The lowest BCUT2D eigenvalue weighted by atomic mass is 10.1. The summed E-state index contributed by atoms with van der Waals surface area (Å²) in [5, 5.41) is 10.6. The lowest BCUT2D eigenvalue weighted by Gasteiger charge is -2.09. The molecule has 0 atom stereocenters. The molecule has 2 rings (SSSR count). The molecule has 0 bridgehead atoms. The monoisotopic (exact) mass is 287 g/mol. The van der Waals surface area contributed by atoms with Crippen LogP contribution in [0.5, 0.6) is 11.5 Å². The summed E-state index contributed by atoms with van der Waals surface area (Å²) in [6, 6.07) is 11.3. The average molecular weight is 287 g/mol. The summed E-state index contributed by atoms with van der Waals surface area (Å²) in [4.78, 5) is 10.6. The number of benzene rings is 1. The normalized spacial score (nSPS) is 10.2. The predicted octanol–water partition coefficient (Wildman–Crippen LogP) is 0.798. The Bertz CT molecular complexity index is 640. The van der Waals surface area contributed by atoms with Gasteiger partial charge >= 0.3 is 0 Å². The van der Waals surface area contributed by atoms with E-state index < -0.39 is 5.97 Å². The maximum Gasteiger partial charge on any atom is 0.212 e. The van der Waals surface area contributed by atoms with E-state index in [1.165, 1.54) is 0 Å². The molecule has 1 aromatic heterocycles. The Kier molecular flexibility index (Phi) is 4.77. The van der Waals surface area contributed by atoms with Gasteiger partial charge in [-0.25, -0.2) is 0 Å². The number of pyridine rings is 1. The molecule has 1 aromatic carbocycles. The number of ether oxygens (including phenoxy) is 2. The quantitative estimate of drug-likeness (QED) is 0.737. The highest BCUT2D eigenvalue weighted by molar-refractivity contribution is 5.64. The van der Waals surface area contributed by atoms with E-state index in [0.29, 0.717) is 18.0 Å². The molecule has 0 unspecified atom stereocenters. The summed E-state index contributed by atoms with van der Waals surface area (Å²) < 4.78 is 12.4. The first kappa shape index (κ1) is 14.8. The molecular weight excluding hydrogens is 270 g/mol. The Labute approximate surface area is 123 Å². The van der Waals surface area contributed by atoms with Crippen molar-refractivity contribution in [1.82, 2.24) is 0 Å². The number of carboxylic acid groups (broad SMARTS) is 1. The second kappa shape index (κ2) is 6.74. The molecule has 0 saturated heterocycles. The van der Waals surface area contributed by atoms with Crippen molar-refractivity contribution in [2.75, 3.05) is 14.2 Å². The number of carboxylic acids is 1. The van der Waals surface area contributed by atoms with Crippen molar-refractivity contribution < 1.29 is 23.9 Å². The van der Waals surface area contributed by atoms with E-state index in [9.17, 15) is 9.90 Å². The van der Waals surface area contributed by atoms with Gasteiger partial charge in [0.15, 0.2) is 24.2 Å². The zero-order chi connectivity index (χ0) is 15.2. The number of hydrogen-bond acceptors (Lipinski definition) is 4. The summed E-state index contributed by atoms with van der Waals surface area (Å²) in [6.45, 7) is 0.354. The minimum absolute atomic E-state index is 0.0328. The van der Waals surface area contributed by atoms with Crippen molar-refractivity contribution in [2.45, 2.75) is 13.0 Å². The Morgan fingerprint density at radius 1 is 1.14 bits per heavy atom. The van der Waals surface area contributed by atoms with Gasteiger partial charge in [0.05, 0.1) is 19.8 Å². The van der Waals surface area contributed by atoms with Gasteiger partial charge in [-0.1, -0.05) is 0 Å². The highest BCUT2D eigenvalue weighted by Gasteiger charge is 2.14. The lowest BCUT2D eigenvalue weighted by Crippen LogP contribution is -2.39. The number of hydrogen-bond donors (Lipinski definition) is 0. The van der Waals surface area contributed by atoms with Gasteiger partial charge in [-0.3, -0.25) is 0 Å². The minimum Gasteiger partial charge on any atom is -0.550 e. The summed E-state index contributed by atoms with van der Waals surface area (Å²) in [5.41, 5.74) is 1.83. The highest BCUT2D eigenvalue weighted by Crippen LogP contribution is 2.31. The third kappa shape index (κ3) is 3.51. The molecular formula is C16H17NO4. The Hall–Kier alpha value is -2.56. The first-order chi connectivity index (χ1) is 10.2. The number of rotatable bonds is 6. The molecule has 2 aromatic rings. The van der Waals surface area contributed by atoms with Crippen LogP contribution in [0.1, 0.15) is 6.42 Å². The van der Waals surface area contributed by atoms with Gasteiger partial charge in [0, 0.05) is 24.5 Å². The van der Waals surface area contributed by atoms with Gasteiger partial charge in [-0.15, -0.1) is 0 Å². The van der Waals surface area contributed by atoms with E-state index in [-0.39, 0.29) is 6.42 Å². The highest BCUT2D eigenvalue weighted by atomic mass is 16.5. The van der Waals surface area contributed by atoms with Gasteiger partial charge in [0.25, 0.3) is 0 Å². The van der Waals surface area contributed by atoms with Gasteiger partial charge < -0.3 is 19.4 Å². The van der Waals surface area contributed by atoms with Crippen LogP contribution < -0.4 is 19.1 Å². The fourth-order valence-corrected chi connectivity index (χ4v) is 2.14. The fourth-order valence-electron chi connectivity index (χ4n) is 2.14. The molecule has 5 heteroatoms. The fraction of sp³-hybridized carbons (Fsp3) is 0.250. The number of aryl methyl sites for hydroxylation is 1. The van der Waals surface area contributed by atoms with Crippen molar-refractivity contribution in [3.8, 4) is 22.8 Å². The standard InChI is InChI=1S/C16H17NO4/c1-20-14-7-6-12(11-15(14)21-2)13-5-3-4-9-17(13)10-8-16(18)19/h3-7,9,11H,8,10H2,1-2H3. The Morgan fingerprint density at radius 2 is 1.90 bits per heavy atom. The van der Waals surface area contributed by atoms with Gasteiger partial charge in [0.2, 0.25) is 5.69 Å². The molecule has 0 saturated carbocycles. The van der Waals surface area contributed by atoms with E-state index in [4.69, 9.17) is 9.47 Å². The van der Waals surface area contributed by atoms with Crippen LogP contribution in [0.15, 0.2) is 42.6 Å². The smallest absolute Gasteiger partial charge is 0.212 e. The zero-order valence-corrected chi connectivity index (χ0v) is 12.0. The van der Waals surface area contributed by atoms with Gasteiger partial charge in [-0.2, -0.15) is 4.57 Å². The van der Waals surface area contributed by atoms with Crippen LogP contribution >= 0.6 is 0 Å². The SMILES string of the molecule is COc1ccc(-c2cccc[n+]2CCC(=O)[O-])cc1OC. The second-order valence-corrected chi connectivity index (χ2v) is 4.47. The first-order valence-corrected chi connectivity index (χ1v) is 6.56. The molecule has 0 amide bonds. The predicted molar refractivity (Wildman–Crippen MR) is 74.8 cm³/mol. The number of methoxy groups -OCH3 is 2. The molecule has 0 aliphatic carbocycles. The Balaban J connectivity index is 2.39. The van der Waals surface area contributed by atoms with Crippen LogP contribution in [0.2, 0.25) is 0 Å². The van der Waals surface area contributed by atoms with Gasteiger partial charge in [-0.05, 0) is 24.3 Å². The zero-order valence-electron chi connectivity index (χ0n) is 12.0. The molecule has 5 nitrogen and oxygen atoms in total. The number of aliphatic carboxylic acids is 1. The van der Waals surface area contributed by atoms with Crippen LogP contribution in [-0.2, 0) is 11.3 Å². The largest absolute Gasteiger partial charge is 0.550 e. The van der Waals surface area contributed by atoms with Crippen LogP contribution in [0, 0.1) is 0 Å². The third-order valence-electron chi connectivity index (χ3n) is 3.18. The van der Waals surface area contributed by atoms with Crippen molar-refractivity contribution in [1.29, 1.82) is 0 Å². The first-order valence-electron chi connectivity index (χ1n) is 6.56. The van der Waals surface area contributed by atoms with E-state index in [2.05, 4.69) is 0 Å². The van der Waals surface area contributed by atoms with E-state index in [0.717, 1.165) is 11.3 Å². The van der Waals surface area contributed by atoms with Crippen molar-refractivity contribution in [3.05, 3.63) is 42.6 Å². The summed E-state index contributed by atoms with van der Waals surface area (Å²) in [5.74, 6) is 0.216. The third-order valence-corrected chi connectivity index (χ3v) is 3.18. The number of carbonyl (C=O) groups excluding carboxylic acids is 1. The van der Waals surface area contributed by atoms with E-state index >= 15 is 0 Å². The Morgan fingerprint density at radius 3 is 2.57 bits per heavy atom. The van der Waals surface area contributed by atoms with E-state index in [1.54, 1.807) is 14.2 Å². The van der Waals surface area contributed by atoms with E-state index in [1.807, 2.05) is 47.2 Å². The minimum atomic E-state index is -1.07.